The number of halogens is 2. The first-order valence-electron chi connectivity index (χ1n) is 3.29. The maximum Gasteiger partial charge on any atom is 0.329 e. The fourth-order valence-electron chi connectivity index (χ4n) is 0.792. The van der Waals surface area contributed by atoms with Gasteiger partial charge in [-0.3, -0.25) is 5.32 Å². The third kappa shape index (κ3) is 1.74. The van der Waals surface area contributed by atoms with Crippen molar-refractivity contribution >= 4 is 0 Å². The number of hydrogen-bond acceptors (Lipinski definition) is 1. The molecule has 0 radical (unpaired) electrons. The normalized spacial score (nSPS) is 11.5. The maximum atomic E-state index is 12.8. The summed E-state index contributed by atoms with van der Waals surface area (Å²) in [5.74, 6) is 0. The molecule has 0 bridgehead atoms. The van der Waals surface area contributed by atoms with E-state index in [0.717, 1.165) is 0 Å². The molecule has 0 fully saturated rings. The maximum absolute atomic E-state index is 12.8. The highest BCUT2D eigenvalue weighted by Gasteiger charge is 2.27. The van der Waals surface area contributed by atoms with E-state index in [4.69, 9.17) is 0 Å². The highest BCUT2D eigenvalue weighted by atomic mass is 19.3. The van der Waals surface area contributed by atoms with Crippen LogP contribution in [0, 0.1) is 0 Å². The van der Waals surface area contributed by atoms with E-state index in [-0.39, 0.29) is 5.56 Å². The van der Waals surface area contributed by atoms with Gasteiger partial charge in [0.2, 0.25) is 0 Å². The van der Waals surface area contributed by atoms with Crippen molar-refractivity contribution in [2.24, 2.45) is 0 Å². The Labute approximate surface area is 64.0 Å². The predicted molar refractivity (Wildman–Crippen MR) is 39.4 cm³/mol. The molecular weight excluding hydrogens is 148 g/mol. The minimum atomic E-state index is -2.92. The smallest absolute Gasteiger partial charge is 0.257 e. The van der Waals surface area contributed by atoms with Crippen LogP contribution in [0.4, 0.5) is 8.78 Å². The molecule has 0 aromatic heterocycles. The Hall–Kier alpha value is -0.960. The lowest BCUT2D eigenvalue weighted by Crippen LogP contribution is -2.29. The molecule has 0 amide bonds. The molecule has 11 heavy (non-hydrogen) atoms. The van der Waals surface area contributed by atoms with Gasteiger partial charge in [-0.1, -0.05) is 30.3 Å². The second-order valence-electron chi connectivity index (χ2n) is 2.19. The average molecular weight is 157 g/mol. The van der Waals surface area contributed by atoms with Crippen molar-refractivity contribution < 1.29 is 8.78 Å². The fourth-order valence-corrected chi connectivity index (χ4v) is 0.792. The first-order chi connectivity index (χ1) is 5.17. The second-order valence-corrected chi connectivity index (χ2v) is 2.19. The number of alkyl halides is 2. The first-order valence-corrected chi connectivity index (χ1v) is 3.29. The van der Waals surface area contributed by atoms with Gasteiger partial charge in [-0.05, 0) is 7.05 Å². The van der Waals surface area contributed by atoms with Crippen LogP contribution in [-0.4, -0.2) is 7.05 Å². The number of rotatable bonds is 2. The standard InChI is InChI=1S/C8H9F2N/c1-11-8(9,10)7-5-3-2-4-6-7/h2-6,11H,1H3. The molecule has 1 aromatic rings. The zero-order valence-electron chi connectivity index (χ0n) is 6.14. The molecule has 0 unspecified atom stereocenters. The summed E-state index contributed by atoms with van der Waals surface area (Å²) in [7, 11) is 1.23. The first kappa shape index (κ1) is 8.14. The summed E-state index contributed by atoms with van der Waals surface area (Å²) in [6.45, 7) is 0. The Morgan fingerprint density at radius 2 is 1.73 bits per heavy atom. The van der Waals surface area contributed by atoms with Crippen LogP contribution in [0.2, 0.25) is 0 Å². The average Bonchev–Trinajstić information content (AvgIpc) is 2.06. The molecule has 0 aliphatic rings. The van der Waals surface area contributed by atoms with E-state index in [1.807, 2.05) is 5.32 Å². The summed E-state index contributed by atoms with van der Waals surface area (Å²) in [4.78, 5) is 0. The zero-order chi connectivity index (χ0) is 8.32. The lowest BCUT2D eigenvalue weighted by Gasteiger charge is -2.14. The molecular formula is C8H9F2N. The zero-order valence-corrected chi connectivity index (χ0v) is 6.14. The van der Waals surface area contributed by atoms with Crippen LogP contribution in [0.1, 0.15) is 5.56 Å². The van der Waals surface area contributed by atoms with Gasteiger partial charge < -0.3 is 0 Å². The van der Waals surface area contributed by atoms with Gasteiger partial charge >= 0.3 is 6.05 Å². The molecule has 0 atom stereocenters. The minimum absolute atomic E-state index is 0.0116. The van der Waals surface area contributed by atoms with Gasteiger partial charge in [0.05, 0.1) is 0 Å². The number of benzene rings is 1. The molecule has 3 heteroatoms. The quantitative estimate of drug-likeness (QED) is 0.647. The third-order valence-corrected chi connectivity index (χ3v) is 1.45. The molecule has 0 aliphatic heterocycles. The molecule has 0 saturated carbocycles. The van der Waals surface area contributed by atoms with E-state index in [9.17, 15) is 8.78 Å². The molecule has 60 valence electrons. The monoisotopic (exact) mass is 157 g/mol. The van der Waals surface area contributed by atoms with Crippen LogP contribution in [0.25, 0.3) is 0 Å². The summed E-state index contributed by atoms with van der Waals surface area (Å²) >= 11 is 0. The summed E-state index contributed by atoms with van der Waals surface area (Å²) < 4.78 is 25.5. The minimum Gasteiger partial charge on any atom is -0.257 e. The Morgan fingerprint density at radius 1 is 1.18 bits per heavy atom. The van der Waals surface area contributed by atoms with Crippen LogP contribution in [-0.2, 0) is 6.05 Å². The molecule has 0 heterocycles. The molecule has 1 aromatic carbocycles. The Morgan fingerprint density at radius 3 is 2.18 bits per heavy atom. The fraction of sp³-hybridized carbons (Fsp3) is 0.250. The molecule has 0 saturated heterocycles. The van der Waals surface area contributed by atoms with Crippen molar-refractivity contribution in [3.63, 3.8) is 0 Å². The Kier molecular flexibility index (Phi) is 2.19. The van der Waals surface area contributed by atoms with Crippen LogP contribution >= 0.6 is 0 Å². The largest absolute Gasteiger partial charge is 0.329 e. The third-order valence-electron chi connectivity index (χ3n) is 1.45. The van der Waals surface area contributed by atoms with Gasteiger partial charge in [-0.2, -0.15) is 8.78 Å². The molecule has 1 N–H and O–H groups in total. The van der Waals surface area contributed by atoms with Crippen molar-refractivity contribution in [2.75, 3.05) is 7.05 Å². The summed E-state index contributed by atoms with van der Waals surface area (Å²) in [5.41, 5.74) is -0.0116. The van der Waals surface area contributed by atoms with E-state index in [1.165, 1.54) is 19.2 Å². The molecule has 1 rings (SSSR count). The van der Waals surface area contributed by atoms with Crippen molar-refractivity contribution in [1.29, 1.82) is 0 Å². The number of nitrogens with one attached hydrogen (secondary N) is 1. The van der Waals surface area contributed by atoms with Crippen molar-refractivity contribution in [2.45, 2.75) is 6.05 Å². The van der Waals surface area contributed by atoms with Gasteiger partial charge in [0.25, 0.3) is 0 Å². The second kappa shape index (κ2) is 2.96. The summed E-state index contributed by atoms with van der Waals surface area (Å²) in [5, 5.41) is 1.92. The summed E-state index contributed by atoms with van der Waals surface area (Å²) in [6.07, 6.45) is 0. The van der Waals surface area contributed by atoms with Crippen molar-refractivity contribution in [3.05, 3.63) is 35.9 Å². The van der Waals surface area contributed by atoms with Gasteiger partial charge in [0.15, 0.2) is 0 Å². The van der Waals surface area contributed by atoms with E-state index < -0.39 is 6.05 Å². The SMILES string of the molecule is CNC(F)(F)c1ccccc1. The van der Waals surface area contributed by atoms with Crippen LogP contribution < -0.4 is 5.32 Å². The highest BCUT2D eigenvalue weighted by Crippen LogP contribution is 2.22. The van der Waals surface area contributed by atoms with E-state index in [2.05, 4.69) is 0 Å². The van der Waals surface area contributed by atoms with Crippen LogP contribution in [0.5, 0.6) is 0 Å². The van der Waals surface area contributed by atoms with Gasteiger partial charge in [0.1, 0.15) is 0 Å². The van der Waals surface area contributed by atoms with Gasteiger partial charge in [-0.25, -0.2) is 0 Å². The van der Waals surface area contributed by atoms with E-state index in [1.54, 1.807) is 18.2 Å². The Balaban J connectivity index is 2.93. The number of hydrogen-bond donors (Lipinski definition) is 1. The van der Waals surface area contributed by atoms with Gasteiger partial charge in [0, 0.05) is 5.56 Å². The van der Waals surface area contributed by atoms with Crippen molar-refractivity contribution in [3.8, 4) is 0 Å². The molecule has 0 spiro atoms. The van der Waals surface area contributed by atoms with Gasteiger partial charge in [-0.15, -0.1) is 0 Å². The van der Waals surface area contributed by atoms with Crippen molar-refractivity contribution in [1.82, 2.24) is 5.32 Å². The van der Waals surface area contributed by atoms with Crippen LogP contribution in [0.15, 0.2) is 30.3 Å². The highest BCUT2D eigenvalue weighted by molar-refractivity contribution is 5.18. The Bertz CT molecular complexity index is 221. The van der Waals surface area contributed by atoms with Crippen LogP contribution in [0.3, 0.4) is 0 Å². The molecule has 1 nitrogen and oxygen atoms in total. The topological polar surface area (TPSA) is 12.0 Å². The lowest BCUT2D eigenvalue weighted by molar-refractivity contribution is -0.0335. The predicted octanol–water partition coefficient (Wildman–Crippen LogP) is 1.96. The lowest BCUT2D eigenvalue weighted by atomic mass is 10.2. The van der Waals surface area contributed by atoms with E-state index >= 15 is 0 Å². The molecule has 0 aliphatic carbocycles. The van der Waals surface area contributed by atoms with E-state index in [0.29, 0.717) is 0 Å². The summed E-state index contributed by atoms with van der Waals surface area (Å²) in [6, 6.07) is 4.73.